The fourth-order valence-corrected chi connectivity index (χ4v) is 2.12. The van der Waals surface area contributed by atoms with Crippen molar-refractivity contribution < 1.29 is 8.42 Å². The summed E-state index contributed by atoms with van der Waals surface area (Å²) in [5, 5.41) is 0. The number of pyridine rings is 1. The Labute approximate surface area is 99.7 Å². The van der Waals surface area contributed by atoms with Gasteiger partial charge in [-0.3, -0.25) is 4.98 Å². The molecule has 0 spiro atoms. The highest BCUT2D eigenvalue weighted by Gasteiger charge is 2.09. The normalized spacial score (nSPS) is 11.8. The topological polar surface area (TPSA) is 59.4 Å². The molecule has 0 atom stereocenters. The number of sulfonamides is 1. The molecule has 2 rings (SSSR count). The molecule has 0 N–H and O–H groups in total. The van der Waals surface area contributed by atoms with Crippen LogP contribution in [-0.2, 0) is 10.0 Å². The molecule has 1 heterocycles. The largest absolute Gasteiger partial charge is 0.282 e. The van der Waals surface area contributed by atoms with Crippen molar-refractivity contribution in [3.63, 3.8) is 0 Å². The lowest BCUT2D eigenvalue weighted by Gasteiger charge is -1.97. The molecular weight excluding hydrogens is 236 g/mol. The first-order valence-electron chi connectivity index (χ1n) is 4.94. The summed E-state index contributed by atoms with van der Waals surface area (Å²) in [5.74, 6) is 0. The number of hydrogen-bond acceptors (Lipinski definition) is 3. The molecule has 0 unspecified atom stereocenters. The molecule has 0 aliphatic rings. The van der Waals surface area contributed by atoms with E-state index in [2.05, 4.69) is 9.38 Å². The molecule has 0 aliphatic heterocycles. The molecule has 17 heavy (non-hydrogen) atoms. The minimum Gasteiger partial charge on any atom is -0.264 e. The Morgan fingerprint density at radius 1 is 1.06 bits per heavy atom. The van der Waals surface area contributed by atoms with Crippen LogP contribution in [0.25, 0.3) is 0 Å². The van der Waals surface area contributed by atoms with E-state index in [4.69, 9.17) is 0 Å². The Hall–Kier alpha value is -2.01. The van der Waals surface area contributed by atoms with E-state index in [1.165, 1.54) is 18.3 Å². The summed E-state index contributed by atoms with van der Waals surface area (Å²) < 4.78 is 27.2. The Balaban J connectivity index is 2.28. The van der Waals surface area contributed by atoms with E-state index in [1.54, 1.807) is 42.7 Å². The third-order valence-electron chi connectivity index (χ3n) is 2.07. The number of nitrogens with zero attached hydrogens (tertiary/aromatic N) is 2. The Bertz CT molecular complexity index is 607. The van der Waals surface area contributed by atoms with Crippen LogP contribution >= 0.6 is 0 Å². The van der Waals surface area contributed by atoms with Gasteiger partial charge in [0.2, 0.25) is 0 Å². The van der Waals surface area contributed by atoms with E-state index in [0.29, 0.717) is 5.56 Å². The third-order valence-corrected chi connectivity index (χ3v) is 3.32. The van der Waals surface area contributed by atoms with Crippen LogP contribution in [0.2, 0.25) is 0 Å². The molecule has 1 aromatic heterocycles. The molecule has 0 aliphatic carbocycles. The van der Waals surface area contributed by atoms with Gasteiger partial charge in [0.05, 0.1) is 4.90 Å². The van der Waals surface area contributed by atoms with E-state index in [-0.39, 0.29) is 4.90 Å². The zero-order valence-electron chi connectivity index (χ0n) is 8.89. The van der Waals surface area contributed by atoms with Crippen molar-refractivity contribution >= 4 is 16.2 Å². The fourth-order valence-electron chi connectivity index (χ4n) is 1.24. The maximum Gasteiger partial charge on any atom is 0.282 e. The van der Waals surface area contributed by atoms with Gasteiger partial charge in [0.25, 0.3) is 10.0 Å². The van der Waals surface area contributed by atoms with Gasteiger partial charge in [-0.05, 0) is 18.2 Å². The first-order chi connectivity index (χ1) is 8.18. The molecule has 0 saturated carbocycles. The van der Waals surface area contributed by atoms with Gasteiger partial charge in [0.15, 0.2) is 0 Å². The predicted octanol–water partition coefficient (Wildman–Crippen LogP) is 1.89. The van der Waals surface area contributed by atoms with Gasteiger partial charge in [-0.25, -0.2) is 0 Å². The van der Waals surface area contributed by atoms with Gasteiger partial charge in [-0.2, -0.15) is 12.8 Å². The Morgan fingerprint density at radius 3 is 2.47 bits per heavy atom. The second kappa shape index (κ2) is 4.88. The number of aromatic nitrogens is 1. The van der Waals surface area contributed by atoms with Crippen molar-refractivity contribution in [3.05, 3.63) is 60.4 Å². The predicted molar refractivity (Wildman–Crippen MR) is 65.5 cm³/mol. The second-order valence-electron chi connectivity index (χ2n) is 3.31. The van der Waals surface area contributed by atoms with Crippen molar-refractivity contribution in [1.82, 2.24) is 4.98 Å². The smallest absolute Gasteiger partial charge is 0.264 e. The van der Waals surface area contributed by atoms with E-state index in [1.807, 2.05) is 0 Å². The molecule has 2 aromatic rings. The van der Waals surface area contributed by atoms with Crippen molar-refractivity contribution in [1.29, 1.82) is 0 Å². The zero-order chi connectivity index (χ0) is 12.1. The summed E-state index contributed by atoms with van der Waals surface area (Å²) in [4.78, 5) is 4.05. The van der Waals surface area contributed by atoms with Crippen molar-refractivity contribution in [2.75, 3.05) is 0 Å². The molecule has 0 saturated heterocycles. The molecule has 0 fully saturated rings. The van der Waals surface area contributed by atoms with Gasteiger partial charge in [0.1, 0.15) is 0 Å². The highest BCUT2D eigenvalue weighted by Crippen LogP contribution is 2.10. The SMILES string of the molecule is O=S(=O)(/N=C/c1cccnc1)c1ccccc1. The van der Waals surface area contributed by atoms with Crippen LogP contribution in [0.5, 0.6) is 0 Å². The number of rotatable bonds is 3. The monoisotopic (exact) mass is 246 g/mol. The minimum atomic E-state index is -3.62. The van der Waals surface area contributed by atoms with Crippen LogP contribution in [0.1, 0.15) is 5.56 Å². The summed E-state index contributed by atoms with van der Waals surface area (Å²) in [6, 6.07) is 11.5. The van der Waals surface area contributed by atoms with Crippen LogP contribution in [0.3, 0.4) is 0 Å². The first-order valence-corrected chi connectivity index (χ1v) is 6.38. The molecule has 86 valence electrons. The van der Waals surface area contributed by atoms with Crippen LogP contribution < -0.4 is 0 Å². The minimum absolute atomic E-state index is 0.181. The van der Waals surface area contributed by atoms with Crippen LogP contribution in [0.4, 0.5) is 0 Å². The van der Waals surface area contributed by atoms with Gasteiger partial charge in [0, 0.05) is 24.2 Å². The summed E-state index contributed by atoms with van der Waals surface area (Å²) in [6.45, 7) is 0. The molecule has 1 aromatic carbocycles. The fraction of sp³-hybridized carbons (Fsp3) is 0. The van der Waals surface area contributed by atoms with Crippen LogP contribution in [0, 0.1) is 0 Å². The maximum absolute atomic E-state index is 11.8. The summed E-state index contributed by atoms with van der Waals surface area (Å²) in [7, 11) is -3.62. The average molecular weight is 246 g/mol. The molecule has 0 amide bonds. The zero-order valence-corrected chi connectivity index (χ0v) is 9.71. The first kappa shape index (κ1) is 11.5. The quantitative estimate of drug-likeness (QED) is 0.777. The lowest BCUT2D eigenvalue weighted by molar-refractivity contribution is 0.598. The number of benzene rings is 1. The van der Waals surface area contributed by atoms with E-state index in [9.17, 15) is 8.42 Å². The summed E-state index contributed by atoms with van der Waals surface area (Å²) in [6.07, 6.45) is 4.45. The number of hydrogen-bond donors (Lipinski definition) is 0. The summed E-state index contributed by atoms with van der Waals surface area (Å²) >= 11 is 0. The van der Waals surface area contributed by atoms with E-state index >= 15 is 0 Å². The van der Waals surface area contributed by atoms with Gasteiger partial charge in [-0.15, -0.1) is 0 Å². The Kier molecular flexibility index (Phi) is 3.30. The Morgan fingerprint density at radius 2 is 1.82 bits per heavy atom. The second-order valence-corrected chi connectivity index (χ2v) is 4.94. The summed E-state index contributed by atoms with van der Waals surface area (Å²) in [5.41, 5.74) is 0.645. The molecule has 0 bridgehead atoms. The van der Waals surface area contributed by atoms with Crippen LogP contribution in [0.15, 0.2) is 64.2 Å². The van der Waals surface area contributed by atoms with E-state index < -0.39 is 10.0 Å². The molecule has 4 nitrogen and oxygen atoms in total. The van der Waals surface area contributed by atoms with Gasteiger partial charge < -0.3 is 0 Å². The highest BCUT2D eigenvalue weighted by atomic mass is 32.2. The van der Waals surface area contributed by atoms with E-state index in [0.717, 1.165) is 0 Å². The molecule has 5 heteroatoms. The standard InChI is InChI=1S/C12H10N2O2S/c15-17(16,12-6-2-1-3-7-12)14-10-11-5-4-8-13-9-11/h1-10H/b14-10+. The van der Waals surface area contributed by atoms with Crippen molar-refractivity contribution in [2.24, 2.45) is 4.40 Å². The lowest BCUT2D eigenvalue weighted by Crippen LogP contribution is -1.97. The lowest BCUT2D eigenvalue weighted by atomic mass is 10.3. The third kappa shape index (κ3) is 2.98. The average Bonchev–Trinajstić information content (AvgIpc) is 2.39. The van der Waals surface area contributed by atoms with Crippen molar-refractivity contribution in [3.8, 4) is 0 Å². The van der Waals surface area contributed by atoms with Crippen molar-refractivity contribution in [2.45, 2.75) is 4.90 Å². The van der Waals surface area contributed by atoms with Gasteiger partial charge >= 0.3 is 0 Å². The van der Waals surface area contributed by atoms with Crippen LogP contribution in [-0.4, -0.2) is 19.6 Å². The maximum atomic E-state index is 11.8. The molecule has 0 radical (unpaired) electrons. The molecular formula is C12H10N2O2S. The highest BCUT2D eigenvalue weighted by molar-refractivity contribution is 7.90. The van der Waals surface area contributed by atoms with Gasteiger partial charge in [-0.1, -0.05) is 24.3 Å².